The molecule has 0 aliphatic rings. The molecule has 3 aromatic rings. The molecule has 0 radical (unpaired) electrons. The number of terminal acetylenes is 1. The average Bonchev–Trinajstić information content (AvgIpc) is 2.66. The van der Waals surface area contributed by atoms with Gasteiger partial charge in [0.15, 0.2) is 0 Å². The maximum absolute atomic E-state index is 5.39. The van der Waals surface area contributed by atoms with Gasteiger partial charge in [-0.15, -0.1) is 17.8 Å². The first-order valence-electron chi connectivity index (χ1n) is 4.76. The van der Waals surface area contributed by atoms with Crippen molar-refractivity contribution in [1.82, 2.24) is 0 Å². The molecular formula is C14H8S. The van der Waals surface area contributed by atoms with E-state index in [1.807, 2.05) is 6.07 Å². The molecule has 0 saturated heterocycles. The number of thiophene rings is 1. The predicted molar refractivity (Wildman–Crippen MR) is 67.3 cm³/mol. The van der Waals surface area contributed by atoms with Crippen LogP contribution in [0.25, 0.3) is 20.2 Å². The van der Waals surface area contributed by atoms with Gasteiger partial charge in [-0.25, -0.2) is 0 Å². The lowest BCUT2D eigenvalue weighted by molar-refractivity contribution is 1.76. The zero-order valence-electron chi connectivity index (χ0n) is 8.03. The zero-order chi connectivity index (χ0) is 10.3. The van der Waals surface area contributed by atoms with Crippen LogP contribution in [0.15, 0.2) is 42.5 Å². The summed E-state index contributed by atoms with van der Waals surface area (Å²) in [5.74, 6) is 2.67. The summed E-state index contributed by atoms with van der Waals surface area (Å²) in [6.45, 7) is 0. The van der Waals surface area contributed by atoms with Crippen LogP contribution in [0.1, 0.15) is 5.56 Å². The maximum Gasteiger partial charge on any atom is 0.0367 e. The molecule has 0 saturated carbocycles. The minimum atomic E-state index is 0.953. The zero-order valence-corrected chi connectivity index (χ0v) is 8.84. The van der Waals surface area contributed by atoms with Crippen LogP contribution in [-0.4, -0.2) is 0 Å². The molecule has 1 heterocycles. The van der Waals surface area contributed by atoms with E-state index in [0.717, 1.165) is 5.56 Å². The molecule has 0 amide bonds. The molecule has 0 fully saturated rings. The van der Waals surface area contributed by atoms with E-state index in [-0.39, 0.29) is 0 Å². The molecule has 0 aliphatic heterocycles. The lowest BCUT2D eigenvalue weighted by atomic mass is 10.1. The van der Waals surface area contributed by atoms with Crippen LogP contribution in [0.3, 0.4) is 0 Å². The summed E-state index contributed by atoms with van der Waals surface area (Å²) < 4.78 is 2.59. The second-order valence-corrected chi connectivity index (χ2v) is 4.54. The van der Waals surface area contributed by atoms with Crippen LogP contribution >= 0.6 is 11.3 Å². The topological polar surface area (TPSA) is 0 Å². The summed E-state index contributed by atoms with van der Waals surface area (Å²) in [7, 11) is 0. The molecule has 70 valence electrons. The molecule has 1 aromatic heterocycles. The Labute approximate surface area is 92.2 Å². The van der Waals surface area contributed by atoms with E-state index in [1.165, 1.54) is 20.2 Å². The molecule has 0 spiro atoms. The Hall–Kier alpha value is -1.78. The van der Waals surface area contributed by atoms with Crippen molar-refractivity contribution in [2.45, 2.75) is 0 Å². The van der Waals surface area contributed by atoms with E-state index in [4.69, 9.17) is 6.42 Å². The molecule has 0 unspecified atom stereocenters. The Morgan fingerprint density at radius 2 is 1.73 bits per heavy atom. The third-order valence-electron chi connectivity index (χ3n) is 2.55. The Balaban J connectivity index is 2.50. The predicted octanol–water partition coefficient (Wildman–Crippen LogP) is 4.04. The minimum Gasteiger partial charge on any atom is -0.135 e. The monoisotopic (exact) mass is 208 g/mol. The summed E-state index contributed by atoms with van der Waals surface area (Å²) in [5.41, 5.74) is 0.953. The molecule has 0 atom stereocenters. The first-order chi connectivity index (χ1) is 7.38. The van der Waals surface area contributed by atoms with Crippen molar-refractivity contribution in [3.8, 4) is 12.3 Å². The number of hydrogen-bond donors (Lipinski definition) is 0. The Morgan fingerprint density at radius 1 is 0.933 bits per heavy atom. The molecule has 3 rings (SSSR count). The normalized spacial score (nSPS) is 10.6. The van der Waals surface area contributed by atoms with Gasteiger partial charge in [0, 0.05) is 25.7 Å². The third-order valence-corrected chi connectivity index (χ3v) is 3.68. The van der Waals surface area contributed by atoms with Crippen LogP contribution < -0.4 is 0 Å². The number of fused-ring (bicyclic) bond motifs is 3. The average molecular weight is 208 g/mol. The van der Waals surface area contributed by atoms with Crippen LogP contribution in [0, 0.1) is 12.3 Å². The molecule has 0 N–H and O–H groups in total. The van der Waals surface area contributed by atoms with Gasteiger partial charge in [-0.05, 0) is 18.2 Å². The molecule has 15 heavy (non-hydrogen) atoms. The highest BCUT2D eigenvalue weighted by Gasteiger charge is 2.03. The molecule has 0 aliphatic carbocycles. The van der Waals surface area contributed by atoms with Crippen molar-refractivity contribution in [1.29, 1.82) is 0 Å². The van der Waals surface area contributed by atoms with Gasteiger partial charge >= 0.3 is 0 Å². The highest BCUT2D eigenvalue weighted by atomic mass is 32.1. The second-order valence-electron chi connectivity index (χ2n) is 3.45. The van der Waals surface area contributed by atoms with Gasteiger partial charge < -0.3 is 0 Å². The van der Waals surface area contributed by atoms with E-state index in [2.05, 4.69) is 42.3 Å². The molecule has 2 aromatic carbocycles. The van der Waals surface area contributed by atoms with Gasteiger partial charge in [0.25, 0.3) is 0 Å². The van der Waals surface area contributed by atoms with Gasteiger partial charge in [-0.1, -0.05) is 30.2 Å². The first-order valence-corrected chi connectivity index (χ1v) is 5.58. The van der Waals surface area contributed by atoms with E-state index in [1.54, 1.807) is 11.3 Å². The first kappa shape index (κ1) is 8.52. The minimum absolute atomic E-state index is 0.953. The number of benzene rings is 2. The van der Waals surface area contributed by atoms with Gasteiger partial charge in [-0.3, -0.25) is 0 Å². The largest absolute Gasteiger partial charge is 0.135 e. The quantitative estimate of drug-likeness (QED) is 0.489. The van der Waals surface area contributed by atoms with Crippen molar-refractivity contribution in [3.63, 3.8) is 0 Å². The Bertz CT molecular complexity index is 683. The van der Waals surface area contributed by atoms with Crippen LogP contribution in [0.2, 0.25) is 0 Å². The summed E-state index contributed by atoms with van der Waals surface area (Å²) in [5, 5.41) is 2.62. The SMILES string of the molecule is C#Cc1ccc2c(c1)sc1ccccc12. The summed E-state index contributed by atoms with van der Waals surface area (Å²) in [6, 6.07) is 14.6. The third kappa shape index (κ3) is 1.23. The van der Waals surface area contributed by atoms with Crippen molar-refractivity contribution >= 4 is 31.5 Å². The maximum atomic E-state index is 5.39. The van der Waals surface area contributed by atoms with Gasteiger partial charge in [0.1, 0.15) is 0 Å². The van der Waals surface area contributed by atoms with E-state index in [0.29, 0.717) is 0 Å². The lowest BCUT2D eigenvalue weighted by Gasteiger charge is -1.91. The highest BCUT2D eigenvalue weighted by Crippen LogP contribution is 2.33. The summed E-state index contributed by atoms with van der Waals surface area (Å²) >= 11 is 1.80. The fourth-order valence-electron chi connectivity index (χ4n) is 1.82. The Morgan fingerprint density at radius 3 is 2.60 bits per heavy atom. The van der Waals surface area contributed by atoms with E-state index >= 15 is 0 Å². The van der Waals surface area contributed by atoms with Crippen molar-refractivity contribution in [2.75, 3.05) is 0 Å². The molecule has 1 heteroatoms. The lowest BCUT2D eigenvalue weighted by Crippen LogP contribution is -1.71. The van der Waals surface area contributed by atoms with E-state index < -0.39 is 0 Å². The number of rotatable bonds is 0. The highest BCUT2D eigenvalue weighted by molar-refractivity contribution is 7.25. The van der Waals surface area contributed by atoms with Gasteiger partial charge in [0.05, 0.1) is 0 Å². The molecule has 0 nitrogen and oxygen atoms in total. The second kappa shape index (κ2) is 3.12. The number of hydrogen-bond acceptors (Lipinski definition) is 1. The fraction of sp³-hybridized carbons (Fsp3) is 0. The van der Waals surface area contributed by atoms with Crippen LogP contribution in [-0.2, 0) is 0 Å². The summed E-state index contributed by atoms with van der Waals surface area (Å²) in [6.07, 6.45) is 5.39. The fourth-order valence-corrected chi connectivity index (χ4v) is 2.96. The van der Waals surface area contributed by atoms with Crippen LogP contribution in [0.5, 0.6) is 0 Å². The van der Waals surface area contributed by atoms with Gasteiger partial charge in [0.2, 0.25) is 0 Å². The van der Waals surface area contributed by atoms with E-state index in [9.17, 15) is 0 Å². The Kier molecular flexibility index (Phi) is 1.77. The molecular weight excluding hydrogens is 200 g/mol. The smallest absolute Gasteiger partial charge is 0.0367 e. The van der Waals surface area contributed by atoms with Crippen molar-refractivity contribution < 1.29 is 0 Å². The van der Waals surface area contributed by atoms with Crippen LogP contribution in [0.4, 0.5) is 0 Å². The van der Waals surface area contributed by atoms with Crippen molar-refractivity contribution in [2.24, 2.45) is 0 Å². The van der Waals surface area contributed by atoms with Gasteiger partial charge in [-0.2, -0.15) is 0 Å². The van der Waals surface area contributed by atoms with Crippen molar-refractivity contribution in [3.05, 3.63) is 48.0 Å². The summed E-state index contributed by atoms with van der Waals surface area (Å²) in [4.78, 5) is 0. The molecule has 0 bridgehead atoms. The standard InChI is InChI=1S/C14H8S/c1-2-10-7-8-12-11-5-3-4-6-13(11)15-14(12)9-10/h1,3-9H.